The normalized spacial score (nSPS) is 28.7. The third kappa shape index (κ3) is 3.95. The number of amides is 1. The quantitative estimate of drug-likeness (QED) is 0.777. The molecule has 19 heavy (non-hydrogen) atoms. The summed E-state index contributed by atoms with van der Waals surface area (Å²) >= 11 is 0. The van der Waals surface area contributed by atoms with Gasteiger partial charge in [-0.15, -0.1) is 0 Å². The first kappa shape index (κ1) is 14.4. The molecule has 2 unspecified atom stereocenters. The molecule has 1 amide bonds. The Bertz CT molecular complexity index is 347. The molecular weight excluding hydrogens is 242 g/mol. The van der Waals surface area contributed by atoms with E-state index in [1.807, 2.05) is 0 Å². The summed E-state index contributed by atoms with van der Waals surface area (Å²) in [5.41, 5.74) is -0.287. The Kier molecular flexibility index (Phi) is 4.48. The molecule has 2 aliphatic carbocycles. The van der Waals surface area contributed by atoms with Crippen molar-refractivity contribution >= 4 is 11.9 Å². The van der Waals surface area contributed by atoms with Crippen molar-refractivity contribution < 1.29 is 14.7 Å². The molecule has 0 aromatic carbocycles. The molecule has 0 bridgehead atoms. The highest BCUT2D eigenvalue weighted by molar-refractivity contribution is 5.78. The minimum Gasteiger partial charge on any atom is -0.481 e. The number of carbonyl (C=O) groups excluding carboxylic acids is 1. The summed E-state index contributed by atoms with van der Waals surface area (Å²) in [6.45, 7) is 2.14. The number of rotatable bonds is 6. The summed E-state index contributed by atoms with van der Waals surface area (Å²) in [6.07, 6.45) is 7.80. The van der Waals surface area contributed by atoms with E-state index in [2.05, 4.69) is 12.2 Å². The van der Waals surface area contributed by atoms with E-state index in [0.29, 0.717) is 18.4 Å². The third-order valence-electron chi connectivity index (χ3n) is 4.77. The summed E-state index contributed by atoms with van der Waals surface area (Å²) in [7, 11) is 0. The number of hydrogen-bond donors (Lipinski definition) is 2. The first-order valence-electron chi connectivity index (χ1n) is 7.56. The Hall–Kier alpha value is -1.06. The van der Waals surface area contributed by atoms with Crippen LogP contribution in [0, 0.1) is 11.3 Å². The molecule has 0 aromatic heterocycles. The predicted octanol–water partition coefficient (Wildman–Crippen LogP) is 2.72. The van der Waals surface area contributed by atoms with Crippen LogP contribution in [0.1, 0.15) is 64.7 Å². The maximum atomic E-state index is 12.1. The molecule has 2 aliphatic rings. The van der Waals surface area contributed by atoms with Crippen molar-refractivity contribution in [2.75, 3.05) is 0 Å². The van der Waals surface area contributed by atoms with Gasteiger partial charge in [0.05, 0.1) is 6.42 Å². The molecule has 2 fully saturated rings. The smallest absolute Gasteiger partial charge is 0.303 e. The molecular formula is C15H25NO3. The van der Waals surface area contributed by atoms with E-state index in [-0.39, 0.29) is 17.7 Å². The van der Waals surface area contributed by atoms with Crippen molar-refractivity contribution in [1.82, 2.24) is 5.32 Å². The fourth-order valence-corrected chi connectivity index (χ4v) is 3.51. The summed E-state index contributed by atoms with van der Waals surface area (Å²) in [5.74, 6) is -0.0672. The lowest BCUT2D eigenvalue weighted by Crippen LogP contribution is -2.36. The summed E-state index contributed by atoms with van der Waals surface area (Å²) in [6, 6.07) is 0.350. The molecule has 0 aliphatic heterocycles. The molecule has 2 rings (SSSR count). The van der Waals surface area contributed by atoms with E-state index in [1.54, 1.807) is 0 Å². The second-order valence-electron chi connectivity index (χ2n) is 6.39. The first-order chi connectivity index (χ1) is 9.04. The maximum absolute atomic E-state index is 12.1. The number of hydrogen-bond acceptors (Lipinski definition) is 2. The topological polar surface area (TPSA) is 66.4 Å². The average Bonchev–Trinajstić information content (AvgIpc) is 3.06. The zero-order valence-electron chi connectivity index (χ0n) is 11.8. The second kappa shape index (κ2) is 5.93. The van der Waals surface area contributed by atoms with Gasteiger partial charge in [0.15, 0.2) is 0 Å². The molecule has 108 valence electrons. The molecule has 0 aromatic rings. The number of carbonyl (C=O) groups is 2. The molecule has 4 heteroatoms. The molecule has 0 heterocycles. The van der Waals surface area contributed by atoms with Crippen LogP contribution in [-0.2, 0) is 9.59 Å². The van der Waals surface area contributed by atoms with Crippen LogP contribution in [0.25, 0.3) is 0 Å². The Labute approximate surface area is 115 Å². The van der Waals surface area contributed by atoms with Crippen molar-refractivity contribution in [1.29, 1.82) is 0 Å². The van der Waals surface area contributed by atoms with Gasteiger partial charge >= 0.3 is 5.97 Å². The van der Waals surface area contributed by atoms with Crippen LogP contribution in [0.2, 0.25) is 0 Å². The van der Waals surface area contributed by atoms with Crippen molar-refractivity contribution in [3.63, 3.8) is 0 Å². The lowest BCUT2D eigenvalue weighted by atomic mass is 9.69. The molecule has 2 atom stereocenters. The number of carboxylic acid groups (broad SMARTS) is 1. The zero-order chi connectivity index (χ0) is 13.9. The lowest BCUT2D eigenvalue weighted by molar-refractivity contribution is -0.141. The van der Waals surface area contributed by atoms with Crippen molar-refractivity contribution in [2.45, 2.75) is 70.8 Å². The largest absolute Gasteiger partial charge is 0.481 e. The summed E-state index contributed by atoms with van der Waals surface area (Å²) in [4.78, 5) is 23.2. The molecule has 4 nitrogen and oxygen atoms in total. The molecule has 0 radical (unpaired) electrons. The van der Waals surface area contributed by atoms with Crippen molar-refractivity contribution in [3.05, 3.63) is 0 Å². The van der Waals surface area contributed by atoms with Crippen molar-refractivity contribution in [3.8, 4) is 0 Å². The SMILES string of the molecule is CCC1CC1NC(=O)CC1(CC(=O)O)CCCCC1. The lowest BCUT2D eigenvalue weighted by Gasteiger charge is -2.35. The van der Waals surface area contributed by atoms with Gasteiger partial charge in [-0.25, -0.2) is 0 Å². The van der Waals surface area contributed by atoms with Gasteiger partial charge < -0.3 is 10.4 Å². The zero-order valence-corrected chi connectivity index (χ0v) is 11.8. The molecule has 0 spiro atoms. The standard InChI is InChI=1S/C15H25NO3/c1-2-11-8-12(11)16-13(17)9-15(10-14(18)19)6-4-3-5-7-15/h11-12H,2-10H2,1H3,(H,16,17)(H,18,19). The van der Waals surface area contributed by atoms with E-state index < -0.39 is 5.97 Å². The van der Waals surface area contributed by atoms with Crippen LogP contribution < -0.4 is 5.32 Å². The Morgan fingerprint density at radius 3 is 2.42 bits per heavy atom. The summed E-state index contributed by atoms with van der Waals surface area (Å²) < 4.78 is 0. The maximum Gasteiger partial charge on any atom is 0.303 e. The van der Waals surface area contributed by atoms with Crippen LogP contribution >= 0.6 is 0 Å². The Balaban J connectivity index is 1.88. The second-order valence-corrected chi connectivity index (χ2v) is 6.39. The Morgan fingerprint density at radius 1 is 1.21 bits per heavy atom. The van der Waals surface area contributed by atoms with Crippen LogP contribution in [0.15, 0.2) is 0 Å². The van der Waals surface area contributed by atoms with E-state index in [9.17, 15) is 9.59 Å². The van der Waals surface area contributed by atoms with Crippen LogP contribution in [0.4, 0.5) is 0 Å². The fraction of sp³-hybridized carbons (Fsp3) is 0.867. The van der Waals surface area contributed by atoms with E-state index >= 15 is 0 Å². The first-order valence-corrected chi connectivity index (χ1v) is 7.56. The molecule has 2 N–H and O–H groups in total. The van der Waals surface area contributed by atoms with Crippen LogP contribution in [0.5, 0.6) is 0 Å². The fourth-order valence-electron chi connectivity index (χ4n) is 3.51. The number of carboxylic acids is 1. The highest BCUT2D eigenvalue weighted by Gasteiger charge is 2.40. The third-order valence-corrected chi connectivity index (χ3v) is 4.77. The van der Waals surface area contributed by atoms with Crippen molar-refractivity contribution in [2.24, 2.45) is 11.3 Å². The highest BCUT2D eigenvalue weighted by Crippen LogP contribution is 2.42. The van der Waals surface area contributed by atoms with Crippen LogP contribution in [0.3, 0.4) is 0 Å². The van der Waals surface area contributed by atoms with Gasteiger partial charge in [0, 0.05) is 12.5 Å². The minimum atomic E-state index is -0.771. The Morgan fingerprint density at radius 2 is 1.89 bits per heavy atom. The number of nitrogens with one attached hydrogen (secondary N) is 1. The van der Waals surface area contributed by atoms with E-state index in [1.165, 1.54) is 6.42 Å². The van der Waals surface area contributed by atoms with E-state index in [0.717, 1.165) is 38.5 Å². The molecule has 0 saturated heterocycles. The van der Waals surface area contributed by atoms with E-state index in [4.69, 9.17) is 5.11 Å². The highest BCUT2D eigenvalue weighted by atomic mass is 16.4. The number of aliphatic carboxylic acids is 1. The minimum absolute atomic E-state index is 0.0594. The van der Waals surface area contributed by atoms with Gasteiger partial charge in [0.1, 0.15) is 0 Å². The average molecular weight is 267 g/mol. The van der Waals surface area contributed by atoms with Gasteiger partial charge in [-0.05, 0) is 30.6 Å². The van der Waals surface area contributed by atoms with Gasteiger partial charge in [0.2, 0.25) is 5.91 Å². The molecule has 2 saturated carbocycles. The monoisotopic (exact) mass is 267 g/mol. The van der Waals surface area contributed by atoms with Gasteiger partial charge in [0.25, 0.3) is 0 Å². The summed E-state index contributed by atoms with van der Waals surface area (Å²) in [5, 5.41) is 12.2. The predicted molar refractivity (Wildman–Crippen MR) is 72.7 cm³/mol. The van der Waals surface area contributed by atoms with Gasteiger partial charge in [-0.1, -0.05) is 32.6 Å². The van der Waals surface area contributed by atoms with Gasteiger partial charge in [-0.3, -0.25) is 9.59 Å². The van der Waals surface area contributed by atoms with Crippen LogP contribution in [-0.4, -0.2) is 23.0 Å². The van der Waals surface area contributed by atoms with Gasteiger partial charge in [-0.2, -0.15) is 0 Å².